The quantitative estimate of drug-likeness (QED) is 0.881. The van der Waals surface area contributed by atoms with E-state index in [1.54, 1.807) is 6.26 Å². The average Bonchev–Trinajstić information content (AvgIpc) is 2.54. The first-order valence-corrected chi connectivity index (χ1v) is 7.60. The molecule has 0 aliphatic heterocycles. The summed E-state index contributed by atoms with van der Waals surface area (Å²) in [6, 6.07) is 5.60. The van der Waals surface area contributed by atoms with Crippen LogP contribution in [0.3, 0.4) is 0 Å². The van der Waals surface area contributed by atoms with Gasteiger partial charge in [0.15, 0.2) is 4.77 Å². The van der Waals surface area contributed by atoms with Crippen molar-refractivity contribution >= 4 is 45.7 Å². The highest BCUT2D eigenvalue weighted by atomic mass is 35.5. The van der Waals surface area contributed by atoms with Gasteiger partial charge in [0.1, 0.15) is 0 Å². The van der Waals surface area contributed by atoms with Crippen LogP contribution in [0.1, 0.15) is 6.92 Å². The molecule has 0 spiro atoms. The van der Waals surface area contributed by atoms with Crippen molar-refractivity contribution in [2.24, 2.45) is 0 Å². The van der Waals surface area contributed by atoms with Crippen LogP contribution in [0.4, 0.5) is 0 Å². The Morgan fingerprint density at radius 1 is 1.59 bits per heavy atom. The van der Waals surface area contributed by atoms with Crippen LogP contribution in [0.2, 0.25) is 5.02 Å². The van der Waals surface area contributed by atoms with Crippen molar-refractivity contribution in [2.45, 2.75) is 18.7 Å². The zero-order valence-corrected chi connectivity index (χ0v) is 12.0. The molecule has 0 saturated heterocycles. The molecule has 1 heterocycles. The molecule has 2 rings (SSSR count). The fraction of sp³-hybridized carbons (Fsp3) is 0.364. The Labute approximate surface area is 112 Å². The number of imidazole rings is 1. The lowest BCUT2D eigenvalue weighted by molar-refractivity contribution is 0.647. The first-order valence-electron chi connectivity index (χ1n) is 5.19. The van der Waals surface area contributed by atoms with Crippen molar-refractivity contribution < 1.29 is 4.21 Å². The van der Waals surface area contributed by atoms with E-state index in [9.17, 15) is 4.21 Å². The van der Waals surface area contributed by atoms with Crippen LogP contribution < -0.4 is 0 Å². The summed E-state index contributed by atoms with van der Waals surface area (Å²) in [6.45, 7) is 2.59. The third-order valence-corrected chi connectivity index (χ3v) is 4.58. The van der Waals surface area contributed by atoms with Gasteiger partial charge in [0.2, 0.25) is 0 Å². The highest BCUT2D eigenvalue weighted by Crippen LogP contribution is 2.19. The highest BCUT2D eigenvalue weighted by molar-refractivity contribution is 7.84. The van der Waals surface area contributed by atoms with Crippen molar-refractivity contribution in [1.29, 1.82) is 0 Å². The van der Waals surface area contributed by atoms with Crippen LogP contribution in [0, 0.1) is 4.77 Å². The fourth-order valence-corrected chi connectivity index (χ4v) is 2.49. The van der Waals surface area contributed by atoms with E-state index >= 15 is 0 Å². The molecule has 0 bridgehead atoms. The van der Waals surface area contributed by atoms with Crippen LogP contribution in [0.5, 0.6) is 0 Å². The van der Waals surface area contributed by atoms with Crippen molar-refractivity contribution in [3.8, 4) is 0 Å². The number of nitrogens with zero attached hydrogens (tertiary/aromatic N) is 1. The second kappa shape index (κ2) is 4.92. The largest absolute Gasteiger partial charge is 0.331 e. The summed E-state index contributed by atoms with van der Waals surface area (Å²) < 4.78 is 14.0. The maximum atomic E-state index is 11.4. The van der Waals surface area contributed by atoms with Gasteiger partial charge in [0.05, 0.1) is 11.0 Å². The second-order valence-corrected chi connectivity index (χ2v) is 6.64. The number of aromatic amines is 1. The number of aromatic nitrogens is 2. The van der Waals surface area contributed by atoms with Crippen LogP contribution in [-0.4, -0.2) is 25.3 Å². The lowest BCUT2D eigenvalue weighted by Crippen LogP contribution is -2.17. The molecule has 2 unspecified atom stereocenters. The van der Waals surface area contributed by atoms with Crippen LogP contribution in [-0.2, 0) is 17.3 Å². The van der Waals surface area contributed by atoms with Gasteiger partial charge >= 0.3 is 0 Å². The molecule has 2 atom stereocenters. The summed E-state index contributed by atoms with van der Waals surface area (Å²) in [6.07, 6.45) is 1.71. The Kier molecular flexibility index (Phi) is 3.70. The summed E-state index contributed by atoms with van der Waals surface area (Å²) in [5.74, 6) is 0. The molecule has 0 saturated carbocycles. The maximum absolute atomic E-state index is 11.4. The summed E-state index contributed by atoms with van der Waals surface area (Å²) in [4.78, 5) is 3.11. The summed E-state index contributed by atoms with van der Waals surface area (Å²) in [5, 5.41) is 0.740. The third-order valence-electron chi connectivity index (χ3n) is 2.74. The predicted molar refractivity (Wildman–Crippen MR) is 75.7 cm³/mol. The van der Waals surface area contributed by atoms with Gasteiger partial charge in [-0.1, -0.05) is 11.6 Å². The molecule has 17 heavy (non-hydrogen) atoms. The highest BCUT2D eigenvalue weighted by Gasteiger charge is 2.11. The topological polar surface area (TPSA) is 37.8 Å². The van der Waals surface area contributed by atoms with Gasteiger partial charge in [-0.05, 0) is 37.3 Å². The Bertz CT molecular complexity index is 632. The zero-order chi connectivity index (χ0) is 12.6. The van der Waals surface area contributed by atoms with Crippen molar-refractivity contribution in [2.75, 3.05) is 6.26 Å². The molecule has 6 heteroatoms. The number of H-pyrrole nitrogens is 1. The predicted octanol–water partition coefficient (Wildman–Crippen LogP) is 3.12. The van der Waals surface area contributed by atoms with Crippen LogP contribution in [0.25, 0.3) is 11.0 Å². The average molecular weight is 289 g/mol. The number of fused-ring (bicyclic) bond motifs is 1. The molecule has 1 aromatic carbocycles. The van der Waals surface area contributed by atoms with E-state index < -0.39 is 10.8 Å². The molecule has 92 valence electrons. The van der Waals surface area contributed by atoms with Gasteiger partial charge in [-0.15, -0.1) is 0 Å². The maximum Gasteiger partial charge on any atom is 0.178 e. The molecule has 0 fully saturated rings. The number of nitrogens with one attached hydrogen (secondary N) is 1. The molecule has 0 aliphatic carbocycles. The van der Waals surface area contributed by atoms with Gasteiger partial charge in [-0.2, -0.15) is 0 Å². The Balaban J connectivity index is 2.50. The minimum Gasteiger partial charge on any atom is -0.331 e. The number of rotatable bonds is 3. The molecular weight excluding hydrogens is 276 g/mol. The van der Waals surface area contributed by atoms with Gasteiger partial charge in [-0.3, -0.25) is 4.21 Å². The standard InChI is InChI=1S/C11H13ClN2OS2/c1-7(17(2)15)6-14-10-4-3-8(12)5-9(10)13-11(14)16/h3-5,7H,6H2,1-2H3,(H,13,16). The number of halogens is 1. The SMILES string of the molecule is CC(Cn1c(=S)[nH]c2cc(Cl)ccc21)S(C)=O. The van der Waals surface area contributed by atoms with Crippen molar-refractivity contribution in [3.05, 3.63) is 28.0 Å². The van der Waals surface area contributed by atoms with E-state index in [0.29, 0.717) is 16.3 Å². The van der Waals surface area contributed by atoms with E-state index in [4.69, 9.17) is 23.8 Å². The van der Waals surface area contributed by atoms with E-state index in [1.807, 2.05) is 29.7 Å². The molecule has 0 radical (unpaired) electrons. The molecule has 0 amide bonds. The lowest BCUT2D eigenvalue weighted by atomic mass is 10.3. The molecular formula is C11H13ClN2OS2. The van der Waals surface area contributed by atoms with Crippen LogP contribution in [0.15, 0.2) is 18.2 Å². The minimum atomic E-state index is -0.858. The van der Waals surface area contributed by atoms with E-state index in [0.717, 1.165) is 11.0 Å². The third kappa shape index (κ3) is 2.61. The summed E-state index contributed by atoms with van der Waals surface area (Å²) >= 11 is 11.2. The lowest BCUT2D eigenvalue weighted by Gasteiger charge is -2.10. The Hall–Kier alpha value is -0.650. The van der Waals surface area contributed by atoms with Gasteiger partial charge in [-0.25, -0.2) is 0 Å². The smallest absolute Gasteiger partial charge is 0.178 e. The van der Waals surface area contributed by atoms with Crippen molar-refractivity contribution in [3.63, 3.8) is 0 Å². The first kappa shape index (κ1) is 12.8. The molecule has 1 aromatic heterocycles. The molecule has 0 aliphatic rings. The number of hydrogen-bond donors (Lipinski definition) is 1. The van der Waals surface area contributed by atoms with Crippen molar-refractivity contribution in [1.82, 2.24) is 9.55 Å². The number of hydrogen-bond acceptors (Lipinski definition) is 2. The fourth-order valence-electron chi connectivity index (χ4n) is 1.68. The molecule has 1 N–H and O–H groups in total. The minimum absolute atomic E-state index is 0.0661. The zero-order valence-electron chi connectivity index (χ0n) is 9.57. The van der Waals surface area contributed by atoms with E-state index in [-0.39, 0.29) is 5.25 Å². The first-order chi connectivity index (χ1) is 7.99. The summed E-state index contributed by atoms with van der Waals surface area (Å²) in [7, 11) is -0.858. The number of benzene rings is 1. The summed E-state index contributed by atoms with van der Waals surface area (Å²) in [5.41, 5.74) is 1.91. The van der Waals surface area contributed by atoms with Crippen LogP contribution >= 0.6 is 23.8 Å². The molecule has 2 aromatic rings. The van der Waals surface area contributed by atoms with Gasteiger partial charge in [0.25, 0.3) is 0 Å². The van der Waals surface area contributed by atoms with Gasteiger partial charge < -0.3 is 9.55 Å². The van der Waals surface area contributed by atoms with E-state index in [1.165, 1.54) is 0 Å². The monoisotopic (exact) mass is 288 g/mol. The second-order valence-electron chi connectivity index (χ2n) is 4.01. The Morgan fingerprint density at radius 3 is 2.94 bits per heavy atom. The molecule has 3 nitrogen and oxygen atoms in total. The normalized spacial score (nSPS) is 15.0. The van der Waals surface area contributed by atoms with E-state index in [2.05, 4.69) is 4.98 Å². The Morgan fingerprint density at radius 2 is 2.29 bits per heavy atom. The van der Waals surface area contributed by atoms with Gasteiger partial charge in [0, 0.05) is 33.9 Å².